The van der Waals surface area contributed by atoms with Crippen molar-refractivity contribution in [2.75, 3.05) is 9.80 Å². The van der Waals surface area contributed by atoms with E-state index in [-0.39, 0.29) is 0 Å². The lowest BCUT2D eigenvalue weighted by molar-refractivity contribution is 0.0854. The van der Waals surface area contributed by atoms with Gasteiger partial charge in [0.05, 0.1) is 22.7 Å². The first-order valence-electron chi connectivity index (χ1n) is 18.3. The van der Waals surface area contributed by atoms with E-state index in [0.717, 1.165) is 79.5 Å². The van der Waals surface area contributed by atoms with Crippen LogP contribution in [0, 0.1) is 23.7 Å². The topological polar surface area (TPSA) is 6.48 Å². The summed E-state index contributed by atoms with van der Waals surface area (Å²) in [6, 6.07) is 52.8. The van der Waals surface area contributed by atoms with Crippen LogP contribution in [0.3, 0.4) is 0 Å². The fourth-order valence-electron chi connectivity index (χ4n) is 9.73. The molecule has 1 heterocycles. The Balaban J connectivity index is 1.02. The third-order valence-electron chi connectivity index (χ3n) is 11.6. The monoisotopic (exact) mass is 670 g/mol. The quantitative estimate of drug-likeness (QED) is 0.180. The van der Waals surface area contributed by atoms with Crippen molar-refractivity contribution < 1.29 is 0 Å². The van der Waals surface area contributed by atoms with Crippen LogP contribution in [-0.4, -0.2) is 0 Å². The van der Waals surface area contributed by atoms with Gasteiger partial charge in [0.2, 0.25) is 0 Å². The fourth-order valence-corrected chi connectivity index (χ4v) is 9.96. The van der Waals surface area contributed by atoms with Crippen LogP contribution in [0.5, 0.6) is 0 Å². The van der Waals surface area contributed by atoms with Gasteiger partial charge < -0.3 is 9.80 Å². The summed E-state index contributed by atoms with van der Waals surface area (Å²) in [6.07, 6.45) is 5.61. The van der Waals surface area contributed by atoms with Crippen LogP contribution in [0.2, 0.25) is 5.02 Å². The highest BCUT2D eigenvalue weighted by atomic mass is 35.5. The number of benzene rings is 6. The average molecular weight is 671 g/mol. The molecule has 2 bridgehead atoms. The molecule has 2 nitrogen and oxygen atoms in total. The van der Waals surface area contributed by atoms with E-state index in [1.807, 2.05) is 0 Å². The van der Waals surface area contributed by atoms with Gasteiger partial charge in [0, 0.05) is 16.4 Å². The van der Waals surface area contributed by atoms with Gasteiger partial charge in [-0.2, -0.15) is 0 Å². The first-order valence-corrected chi connectivity index (χ1v) is 18.7. The summed E-state index contributed by atoms with van der Waals surface area (Å²) in [5.74, 6) is 4.06. The Bertz CT molecular complexity index is 2090. The molecule has 1 aliphatic heterocycles. The zero-order valence-corrected chi connectivity index (χ0v) is 29.6. The van der Waals surface area contributed by atoms with E-state index in [2.05, 4.69) is 169 Å². The average Bonchev–Trinajstić information content (AvgIpc) is 3.14. The fraction of sp³-hybridized carbons (Fsp3) is 0.234. The van der Waals surface area contributed by atoms with E-state index in [9.17, 15) is 0 Å². The Morgan fingerprint density at radius 2 is 0.980 bits per heavy atom. The first-order chi connectivity index (χ1) is 24.5. The minimum absolute atomic E-state index is 0.678. The van der Waals surface area contributed by atoms with Crippen LogP contribution in [0.25, 0.3) is 22.3 Å². The predicted molar refractivity (Wildman–Crippen MR) is 212 cm³/mol. The van der Waals surface area contributed by atoms with E-state index < -0.39 is 0 Å². The summed E-state index contributed by atoms with van der Waals surface area (Å²) < 4.78 is 0. The number of anilines is 6. The lowest BCUT2D eigenvalue weighted by Gasteiger charge is -2.46. The number of hydrogen-bond acceptors (Lipinski definition) is 2. The molecule has 0 spiro atoms. The Morgan fingerprint density at radius 1 is 0.480 bits per heavy atom. The van der Waals surface area contributed by atoms with E-state index in [1.165, 1.54) is 36.8 Å². The third-order valence-corrected chi connectivity index (χ3v) is 11.8. The highest BCUT2D eigenvalue weighted by molar-refractivity contribution is 6.31. The Morgan fingerprint density at radius 3 is 1.54 bits per heavy atom. The molecule has 5 unspecified atom stereocenters. The molecule has 0 N–H and O–H groups in total. The van der Waals surface area contributed by atoms with Crippen molar-refractivity contribution in [1.29, 1.82) is 0 Å². The second kappa shape index (κ2) is 12.8. The van der Waals surface area contributed by atoms with Gasteiger partial charge in [0.15, 0.2) is 0 Å². The maximum absolute atomic E-state index is 6.81. The standard InChI is InChI=1S/C47H43ClN2/c1-31-24-33-26-32(2)47(39(25-31)27-33)36-18-16-34(17-19-36)37-28-38(30-40(48)29-37)35-20-22-42(23-21-35)50-45-14-8-6-12-43(45)49(41-10-4-3-5-11-41)44-13-7-9-15-46(44)50/h3-23,28-33,39,47H,24-27H2,1-2H3. The summed E-state index contributed by atoms with van der Waals surface area (Å²) in [6.45, 7) is 4.95. The molecule has 3 aliphatic rings. The number of para-hydroxylation sites is 5. The highest BCUT2D eigenvalue weighted by Crippen LogP contribution is 2.54. The van der Waals surface area contributed by atoms with Gasteiger partial charge in [-0.3, -0.25) is 0 Å². The van der Waals surface area contributed by atoms with E-state index in [1.54, 1.807) is 0 Å². The van der Waals surface area contributed by atoms with Gasteiger partial charge in [-0.05, 0) is 150 Å². The van der Waals surface area contributed by atoms with Gasteiger partial charge in [-0.25, -0.2) is 0 Å². The summed E-state index contributed by atoms with van der Waals surface area (Å²) >= 11 is 6.81. The van der Waals surface area contributed by atoms with Crippen LogP contribution in [0.1, 0.15) is 51.0 Å². The van der Waals surface area contributed by atoms with Crippen LogP contribution in [0.15, 0.2) is 146 Å². The van der Waals surface area contributed by atoms with Crippen molar-refractivity contribution in [3.63, 3.8) is 0 Å². The van der Waals surface area contributed by atoms with Crippen molar-refractivity contribution >= 4 is 45.7 Å². The number of nitrogens with zero attached hydrogens (tertiary/aromatic N) is 2. The number of rotatable bonds is 5. The molecular weight excluding hydrogens is 628 g/mol. The SMILES string of the molecule is CC1CC2CC(C)C(c3ccc(-c4cc(Cl)cc(-c5ccc(N6c7ccccc7N(c7ccccc7)c7ccccc76)cc5)c4)cc3)C(C1)C2. The van der Waals surface area contributed by atoms with Crippen molar-refractivity contribution in [3.05, 3.63) is 156 Å². The number of halogens is 1. The van der Waals surface area contributed by atoms with Crippen LogP contribution >= 0.6 is 11.6 Å². The summed E-state index contributed by atoms with van der Waals surface area (Å²) in [5.41, 5.74) is 13.0. The van der Waals surface area contributed by atoms with Gasteiger partial charge >= 0.3 is 0 Å². The second-order valence-electron chi connectivity index (χ2n) is 15.1. The molecule has 0 aromatic heterocycles. The Hall–Kier alpha value is -4.79. The zero-order valence-electron chi connectivity index (χ0n) is 28.8. The van der Waals surface area contributed by atoms with E-state index in [0.29, 0.717) is 5.92 Å². The summed E-state index contributed by atoms with van der Waals surface area (Å²) in [5, 5.41) is 0.758. The summed E-state index contributed by atoms with van der Waals surface area (Å²) in [7, 11) is 0. The molecular formula is C47H43ClN2. The molecule has 9 rings (SSSR count). The Kier molecular flexibility index (Phi) is 8.01. The lowest BCUT2D eigenvalue weighted by atomic mass is 9.59. The minimum atomic E-state index is 0.678. The maximum Gasteiger partial charge on any atom is 0.0703 e. The molecule has 2 saturated carbocycles. The predicted octanol–water partition coefficient (Wildman–Crippen LogP) is 14.1. The summed E-state index contributed by atoms with van der Waals surface area (Å²) in [4.78, 5) is 4.73. The maximum atomic E-state index is 6.81. The normalized spacial score (nSPS) is 22.5. The van der Waals surface area contributed by atoms with E-state index in [4.69, 9.17) is 11.6 Å². The van der Waals surface area contributed by atoms with Crippen molar-refractivity contribution in [2.24, 2.45) is 23.7 Å². The van der Waals surface area contributed by atoms with Gasteiger partial charge in [-0.1, -0.05) is 104 Å². The van der Waals surface area contributed by atoms with Crippen LogP contribution in [-0.2, 0) is 0 Å². The molecule has 0 saturated heterocycles. The smallest absolute Gasteiger partial charge is 0.0703 e. The van der Waals surface area contributed by atoms with Crippen molar-refractivity contribution in [3.8, 4) is 22.3 Å². The molecule has 248 valence electrons. The van der Waals surface area contributed by atoms with Crippen molar-refractivity contribution in [2.45, 2.75) is 45.4 Å². The van der Waals surface area contributed by atoms with E-state index >= 15 is 0 Å². The van der Waals surface area contributed by atoms with Crippen LogP contribution < -0.4 is 9.80 Å². The second-order valence-corrected chi connectivity index (χ2v) is 15.5. The van der Waals surface area contributed by atoms with Gasteiger partial charge in [-0.15, -0.1) is 0 Å². The highest BCUT2D eigenvalue weighted by Gasteiger charge is 2.40. The number of hydrogen-bond donors (Lipinski definition) is 0. The molecule has 2 aliphatic carbocycles. The molecule has 6 aromatic carbocycles. The molecule has 5 atom stereocenters. The number of fused-ring (bicyclic) bond motifs is 4. The molecule has 50 heavy (non-hydrogen) atoms. The van der Waals surface area contributed by atoms with Crippen LogP contribution in [0.4, 0.5) is 34.1 Å². The third kappa shape index (κ3) is 5.60. The Labute approximate surface area is 302 Å². The molecule has 2 fully saturated rings. The zero-order chi connectivity index (χ0) is 33.8. The van der Waals surface area contributed by atoms with Gasteiger partial charge in [0.25, 0.3) is 0 Å². The minimum Gasteiger partial charge on any atom is -0.306 e. The van der Waals surface area contributed by atoms with Crippen molar-refractivity contribution in [1.82, 2.24) is 0 Å². The molecule has 6 aromatic rings. The largest absolute Gasteiger partial charge is 0.306 e. The lowest BCUT2D eigenvalue weighted by Crippen LogP contribution is -2.35. The first kappa shape index (κ1) is 31.2. The molecule has 0 amide bonds. The van der Waals surface area contributed by atoms with Gasteiger partial charge in [0.1, 0.15) is 0 Å². The molecule has 3 heteroatoms. The molecule has 0 radical (unpaired) electrons.